The molecule has 4 heteroatoms. The Balaban J connectivity index is 2.91. The summed E-state index contributed by atoms with van der Waals surface area (Å²) in [5, 5.41) is 0.676. The smallest absolute Gasteiger partial charge is 0.148 e. The molecule has 1 rings (SSSR count). The van der Waals surface area contributed by atoms with E-state index in [1.165, 1.54) is 0 Å². The molecule has 0 fully saturated rings. The molecule has 13 heavy (non-hydrogen) atoms. The van der Waals surface area contributed by atoms with Crippen LogP contribution in [-0.2, 0) is 0 Å². The quantitative estimate of drug-likeness (QED) is 0.575. The van der Waals surface area contributed by atoms with Crippen LogP contribution in [0.4, 0.5) is 0 Å². The maximum absolute atomic E-state index is 5.84. The van der Waals surface area contributed by atoms with Crippen molar-refractivity contribution in [3.63, 3.8) is 0 Å². The first-order valence-electron chi connectivity index (χ1n) is 3.74. The zero-order chi connectivity index (χ0) is 9.68. The minimum Gasteiger partial charge on any atom is -0.330 e. The number of aromatic nitrogens is 1. The molecule has 0 saturated carbocycles. The fourth-order valence-electron chi connectivity index (χ4n) is 0.745. The third-order valence-corrected chi connectivity index (χ3v) is 2.10. The average molecular weight is 215 g/mol. The summed E-state index contributed by atoms with van der Waals surface area (Å²) in [4.78, 5) is 3.81. The summed E-state index contributed by atoms with van der Waals surface area (Å²) in [6.07, 6.45) is 2.22. The molecule has 0 spiro atoms. The van der Waals surface area contributed by atoms with E-state index in [4.69, 9.17) is 28.9 Å². The second kappa shape index (κ2) is 5.08. The molecular weight excluding hydrogens is 207 g/mol. The highest BCUT2D eigenvalue weighted by atomic mass is 35.5. The van der Waals surface area contributed by atoms with Crippen molar-refractivity contribution in [3.05, 3.63) is 28.0 Å². The molecular formula is C9H8Cl2N2. The molecule has 68 valence electrons. The molecule has 2 nitrogen and oxygen atoms in total. The molecule has 0 aliphatic heterocycles. The average Bonchev–Trinajstić information content (AvgIpc) is 2.13. The Morgan fingerprint density at radius 3 is 2.92 bits per heavy atom. The Morgan fingerprint density at radius 1 is 1.46 bits per heavy atom. The molecule has 0 aliphatic rings. The van der Waals surface area contributed by atoms with Crippen LogP contribution in [0.2, 0.25) is 10.2 Å². The zero-order valence-corrected chi connectivity index (χ0v) is 8.36. The highest BCUT2D eigenvalue weighted by Gasteiger charge is 2.01. The van der Waals surface area contributed by atoms with Crippen molar-refractivity contribution in [2.45, 2.75) is 6.42 Å². The van der Waals surface area contributed by atoms with Crippen molar-refractivity contribution in [2.75, 3.05) is 6.54 Å². The minimum atomic E-state index is 0.279. The molecule has 1 aromatic heterocycles. The van der Waals surface area contributed by atoms with Gasteiger partial charge in [-0.05, 0) is 6.07 Å². The van der Waals surface area contributed by atoms with Gasteiger partial charge in [0.2, 0.25) is 0 Å². The van der Waals surface area contributed by atoms with Crippen molar-refractivity contribution in [1.82, 2.24) is 4.98 Å². The molecule has 0 unspecified atom stereocenters. The van der Waals surface area contributed by atoms with E-state index in [0.29, 0.717) is 23.6 Å². The molecule has 0 aromatic carbocycles. The molecule has 0 bridgehead atoms. The molecule has 1 heterocycles. The standard InChI is InChI=1S/C9H8Cl2N2/c10-8-7(3-1-2-5-12)4-6-13-9(8)11/h4,6H,2,5,12H2. The maximum Gasteiger partial charge on any atom is 0.148 e. The lowest BCUT2D eigenvalue weighted by atomic mass is 10.2. The van der Waals surface area contributed by atoms with E-state index in [9.17, 15) is 0 Å². The van der Waals surface area contributed by atoms with Crippen molar-refractivity contribution < 1.29 is 0 Å². The van der Waals surface area contributed by atoms with Crippen molar-refractivity contribution >= 4 is 23.2 Å². The fraction of sp³-hybridized carbons (Fsp3) is 0.222. The van der Waals surface area contributed by atoms with E-state index in [2.05, 4.69) is 16.8 Å². The lowest BCUT2D eigenvalue weighted by Gasteiger charge is -1.95. The summed E-state index contributed by atoms with van der Waals surface area (Å²) in [6.45, 7) is 0.545. The summed E-state index contributed by atoms with van der Waals surface area (Å²) < 4.78 is 0. The van der Waals surface area contributed by atoms with Crippen LogP contribution in [0.5, 0.6) is 0 Å². The van der Waals surface area contributed by atoms with E-state index in [1.54, 1.807) is 12.3 Å². The van der Waals surface area contributed by atoms with Gasteiger partial charge in [0.15, 0.2) is 0 Å². The van der Waals surface area contributed by atoms with Gasteiger partial charge in [-0.1, -0.05) is 35.0 Å². The van der Waals surface area contributed by atoms with E-state index >= 15 is 0 Å². The minimum absolute atomic E-state index is 0.279. The maximum atomic E-state index is 5.84. The van der Waals surface area contributed by atoms with Gasteiger partial charge in [-0.15, -0.1) is 0 Å². The first-order chi connectivity index (χ1) is 6.25. The van der Waals surface area contributed by atoms with Crippen LogP contribution < -0.4 is 5.73 Å². The highest BCUT2D eigenvalue weighted by molar-refractivity contribution is 6.41. The van der Waals surface area contributed by atoms with E-state index in [1.807, 2.05) is 0 Å². The second-order valence-corrected chi connectivity index (χ2v) is 3.04. The molecule has 0 amide bonds. The Labute approximate surface area is 87.1 Å². The van der Waals surface area contributed by atoms with E-state index < -0.39 is 0 Å². The van der Waals surface area contributed by atoms with Crippen LogP contribution in [0.3, 0.4) is 0 Å². The van der Waals surface area contributed by atoms with Gasteiger partial charge in [-0.2, -0.15) is 0 Å². The molecule has 0 saturated heterocycles. The Kier molecular flexibility index (Phi) is 4.04. The molecule has 1 aromatic rings. The lowest BCUT2D eigenvalue weighted by Crippen LogP contribution is -1.95. The third-order valence-electron chi connectivity index (χ3n) is 1.34. The molecule has 0 atom stereocenters. The van der Waals surface area contributed by atoms with Crippen molar-refractivity contribution in [3.8, 4) is 11.8 Å². The summed E-state index contributed by atoms with van der Waals surface area (Å²) in [6, 6.07) is 1.72. The topological polar surface area (TPSA) is 38.9 Å². The number of pyridine rings is 1. The van der Waals surface area contributed by atoms with Crippen molar-refractivity contribution in [1.29, 1.82) is 0 Å². The van der Waals surface area contributed by atoms with Gasteiger partial charge in [-0.3, -0.25) is 0 Å². The summed E-state index contributed by atoms with van der Waals surface area (Å²) >= 11 is 11.5. The molecule has 0 radical (unpaired) electrons. The van der Waals surface area contributed by atoms with Gasteiger partial charge in [-0.25, -0.2) is 4.98 Å². The number of nitrogens with two attached hydrogens (primary N) is 1. The van der Waals surface area contributed by atoms with Crippen LogP contribution in [-0.4, -0.2) is 11.5 Å². The number of halogens is 2. The number of hydrogen-bond acceptors (Lipinski definition) is 2. The Morgan fingerprint density at radius 2 is 2.23 bits per heavy atom. The van der Waals surface area contributed by atoms with Gasteiger partial charge in [0.05, 0.1) is 5.02 Å². The van der Waals surface area contributed by atoms with Gasteiger partial charge in [0.25, 0.3) is 0 Å². The van der Waals surface area contributed by atoms with E-state index in [0.717, 1.165) is 0 Å². The zero-order valence-electron chi connectivity index (χ0n) is 6.85. The van der Waals surface area contributed by atoms with Crippen LogP contribution >= 0.6 is 23.2 Å². The van der Waals surface area contributed by atoms with Gasteiger partial charge < -0.3 is 5.73 Å². The van der Waals surface area contributed by atoms with Gasteiger partial charge in [0.1, 0.15) is 5.15 Å². The first-order valence-corrected chi connectivity index (χ1v) is 4.50. The summed E-state index contributed by atoms with van der Waals surface area (Å²) in [5.74, 6) is 5.74. The van der Waals surface area contributed by atoms with Crippen LogP contribution in [0.1, 0.15) is 12.0 Å². The summed E-state index contributed by atoms with van der Waals surface area (Å²) in [5.41, 5.74) is 5.98. The number of rotatable bonds is 1. The number of nitrogens with zero attached hydrogens (tertiary/aromatic N) is 1. The van der Waals surface area contributed by atoms with Crippen LogP contribution in [0.15, 0.2) is 12.3 Å². The molecule has 0 aliphatic carbocycles. The van der Waals surface area contributed by atoms with Crippen LogP contribution in [0.25, 0.3) is 0 Å². The van der Waals surface area contributed by atoms with Gasteiger partial charge in [0, 0.05) is 24.7 Å². The summed E-state index contributed by atoms with van der Waals surface area (Å²) in [7, 11) is 0. The Hall–Kier alpha value is -0.750. The highest BCUT2D eigenvalue weighted by Crippen LogP contribution is 2.21. The molecule has 2 N–H and O–H groups in total. The Bertz CT molecular complexity index is 352. The normalized spacial score (nSPS) is 9.15. The second-order valence-electron chi connectivity index (χ2n) is 2.30. The monoisotopic (exact) mass is 214 g/mol. The van der Waals surface area contributed by atoms with Crippen LogP contribution in [0, 0.1) is 11.8 Å². The predicted molar refractivity (Wildman–Crippen MR) is 54.8 cm³/mol. The lowest BCUT2D eigenvalue weighted by molar-refractivity contribution is 1.03. The van der Waals surface area contributed by atoms with Crippen molar-refractivity contribution in [2.24, 2.45) is 5.73 Å². The first kappa shape index (κ1) is 10.3. The third kappa shape index (κ3) is 2.89. The number of hydrogen-bond donors (Lipinski definition) is 1. The predicted octanol–water partition coefficient (Wildman–Crippen LogP) is 2.09. The van der Waals surface area contributed by atoms with E-state index in [-0.39, 0.29) is 5.15 Å². The fourth-order valence-corrected chi connectivity index (χ4v) is 1.06. The SMILES string of the molecule is NCCC#Cc1ccnc(Cl)c1Cl. The van der Waals surface area contributed by atoms with Gasteiger partial charge >= 0.3 is 0 Å². The largest absolute Gasteiger partial charge is 0.330 e.